The summed E-state index contributed by atoms with van der Waals surface area (Å²) < 4.78 is 42.2. The molecule has 0 atom stereocenters. The van der Waals surface area contributed by atoms with E-state index in [1.807, 2.05) is 0 Å². The van der Waals surface area contributed by atoms with Crippen molar-refractivity contribution in [2.45, 2.75) is 12.8 Å². The van der Waals surface area contributed by atoms with Gasteiger partial charge in [-0.3, -0.25) is 0 Å². The molecule has 6 heteroatoms. The Balaban J connectivity index is 1.99. The van der Waals surface area contributed by atoms with Crippen LogP contribution < -0.4 is 4.74 Å². The zero-order chi connectivity index (χ0) is 13.0. The molecular formula is C12H9F3N2O. The Morgan fingerprint density at radius 3 is 2.33 bits per heavy atom. The molecule has 1 heterocycles. The number of alkyl halides is 3. The number of halogens is 3. The predicted octanol–water partition coefficient (Wildman–Crippen LogP) is 3.07. The lowest BCUT2D eigenvalue weighted by Crippen LogP contribution is -2.05. The Morgan fingerprint density at radius 2 is 1.78 bits per heavy atom. The summed E-state index contributed by atoms with van der Waals surface area (Å²) in [6, 6.07) is 8.08. The second-order valence-corrected chi connectivity index (χ2v) is 3.55. The normalized spacial score (nSPS) is 11.3. The Hall–Kier alpha value is -2.11. The summed E-state index contributed by atoms with van der Waals surface area (Å²) in [5, 5.41) is 7.32. The Bertz CT molecular complexity index is 497. The number of nitrogens with zero attached hydrogens (tertiary/aromatic N) is 2. The highest BCUT2D eigenvalue weighted by Gasteiger charge is 2.29. The fraction of sp³-hybridized carbons (Fsp3) is 0.167. The highest BCUT2D eigenvalue weighted by atomic mass is 19.4. The van der Waals surface area contributed by atoms with E-state index in [4.69, 9.17) is 4.74 Å². The van der Waals surface area contributed by atoms with Crippen molar-refractivity contribution in [2.24, 2.45) is 0 Å². The fourth-order valence-electron chi connectivity index (χ4n) is 1.31. The van der Waals surface area contributed by atoms with Crippen LogP contribution in [-0.4, -0.2) is 10.2 Å². The van der Waals surface area contributed by atoms with Gasteiger partial charge in [-0.1, -0.05) is 12.1 Å². The summed E-state index contributed by atoms with van der Waals surface area (Å²) >= 11 is 0. The monoisotopic (exact) mass is 254 g/mol. The summed E-state index contributed by atoms with van der Waals surface area (Å²) in [6.45, 7) is 0.150. The molecular weight excluding hydrogens is 245 g/mol. The van der Waals surface area contributed by atoms with Crippen LogP contribution >= 0.6 is 0 Å². The van der Waals surface area contributed by atoms with E-state index in [1.54, 1.807) is 12.1 Å². The molecule has 2 aromatic rings. The van der Waals surface area contributed by atoms with Crippen LogP contribution in [0.3, 0.4) is 0 Å². The van der Waals surface area contributed by atoms with Gasteiger partial charge >= 0.3 is 6.18 Å². The standard InChI is InChI=1S/C12H9F3N2O/c13-12(14,15)10-5-3-9(4-6-10)8-18-11-2-1-7-16-17-11/h1-7H,8H2. The van der Waals surface area contributed by atoms with E-state index < -0.39 is 11.7 Å². The molecule has 0 unspecified atom stereocenters. The first-order valence-electron chi connectivity index (χ1n) is 5.12. The maximum atomic E-state index is 12.3. The molecule has 94 valence electrons. The van der Waals surface area contributed by atoms with Gasteiger partial charge in [-0.2, -0.15) is 18.3 Å². The number of hydrogen-bond acceptors (Lipinski definition) is 3. The van der Waals surface area contributed by atoms with Crippen LogP contribution in [0.2, 0.25) is 0 Å². The molecule has 0 N–H and O–H groups in total. The van der Waals surface area contributed by atoms with Crippen LogP contribution in [0.1, 0.15) is 11.1 Å². The smallest absolute Gasteiger partial charge is 0.416 e. The zero-order valence-corrected chi connectivity index (χ0v) is 9.19. The average Bonchev–Trinajstić information content (AvgIpc) is 2.37. The Labute approximate surface area is 101 Å². The molecule has 3 nitrogen and oxygen atoms in total. The van der Waals surface area contributed by atoms with Crippen LogP contribution in [-0.2, 0) is 12.8 Å². The van der Waals surface area contributed by atoms with E-state index in [0.29, 0.717) is 11.4 Å². The van der Waals surface area contributed by atoms with Crippen molar-refractivity contribution >= 4 is 0 Å². The molecule has 0 radical (unpaired) electrons. The van der Waals surface area contributed by atoms with Gasteiger partial charge in [-0.25, -0.2) is 0 Å². The van der Waals surface area contributed by atoms with Crippen molar-refractivity contribution in [3.63, 3.8) is 0 Å². The summed E-state index contributed by atoms with van der Waals surface area (Å²) in [5.74, 6) is 0.331. The fourth-order valence-corrected chi connectivity index (χ4v) is 1.31. The second-order valence-electron chi connectivity index (χ2n) is 3.55. The first-order valence-corrected chi connectivity index (χ1v) is 5.12. The number of aromatic nitrogens is 2. The van der Waals surface area contributed by atoms with Crippen molar-refractivity contribution in [1.82, 2.24) is 10.2 Å². The van der Waals surface area contributed by atoms with E-state index in [2.05, 4.69) is 10.2 Å². The highest BCUT2D eigenvalue weighted by Crippen LogP contribution is 2.29. The Morgan fingerprint density at radius 1 is 1.06 bits per heavy atom. The molecule has 0 saturated carbocycles. The molecule has 0 aliphatic carbocycles. The molecule has 0 fully saturated rings. The first kappa shape index (κ1) is 12.3. The molecule has 0 saturated heterocycles. The van der Waals surface area contributed by atoms with Crippen LogP contribution in [0.4, 0.5) is 13.2 Å². The van der Waals surface area contributed by atoms with E-state index in [-0.39, 0.29) is 6.61 Å². The van der Waals surface area contributed by atoms with E-state index in [0.717, 1.165) is 12.1 Å². The summed E-state index contributed by atoms with van der Waals surface area (Å²) in [6.07, 6.45) is -2.81. The minimum atomic E-state index is -4.32. The van der Waals surface area contributed by atoms with Gasteiger partial charge in [0.25, 0.3) is 0 Å². The maximum Gasteiger partial charge on any atom is 0.416 e. The van der Waals surface area contributed by atoms with Crippen molar-refractivity contribution in [3.05, 3.63) is 53.7 Å². The van der Waals surface area contributed by atoms with Crippen molar-refractivity contribution < 1.29 is 17.9 Å². The van der Waals surface area contributed by atoms with Crippen molar-refractivity contribution in [3.8, 4) is 5.88 Å². The van der Waals surface area contributed by atoms with Crippen LogP contribution in [0, 0.1) is 0 Å². The number of hydrogen-bond donors (Lipinski definition) is 0. The van der Waals surface area contributed by atoms with Crippen molar-refractivity contribution in [1.29, 1.82) is 0 Å². The lowest BCUT2D eigenvalue weighted by atomic mass is 10.1. The molecule has 18 heavy (non-hydrogen) atoms. The van der Waals surface area contributed by atoms with Crippen LogP contribution in [0.15, 0.2) is 42.6 Å². The zero-order valence-electron chi connectivity index (χ0n) is 9.19. The largest absolute Gasteiger partial charge is 0.472 e. The highest BCUT2D eigenvalue weighted by molar-refractivity contribution is 5.24. The van der Waals surface area contributed by atoms with Gasteiger partial charge in [0.1, 0.15) is 6.61 Å². The van der Waals surface area contributed by atoms with Gasteiger partial charge in [0, 0.05) is 12.3 Å². The van der Waals surface area contributed by atoms with E-state index >= 15 is 0 Å². The third kappa shape index (κ3) is 3.19. The van der Waals surface area contributed by atoms with Crippen LogP contribution in [0.25, 0.3) is 0 Å². The summed E-state index contributed by atoms with van der Waals surface area (Å²) in [5.41, 5.74) is -0.0422. The first-order chi connectivity index (χ1) is 8.55. The second kappa shape index (κ2) is 5.03. The van der Waals surface area contributed by atoms with Gasteiger partial charge in [-0.05, 0) is 23.8 Å². The number of benzene rings is 1. The molecule has 0 spiro atoms. The van der Waals surface area contributed by atoms with Crippen LogP contribution in [0.5, 0.6) is 5.88 Å². The summed E-state index contributed by atoms with van der Waals surface area (Å²) in [4.78, 5) is 0. The maximum absolute atomic E-state index is 12.3. The van der Waals surface area contributed by atoms with Crippen molar-refractivity contribution in [2.75, 3.05) is 0 Å². The lowest BCUT2D eigenvalue weighted by Gasteiger charge is -2.08. The minimum Gasteiger partial charge on any atom is -0.472 e. The van der Waals surface area contributed by atoms with E-state index in [9.17, 15) is 13.2 Å². The molecule has 0 bridgehead atoms. The number of ether oxygens (including phenoxy) is 1. The molecule has 0 aliphatic rings. The van der Waals surface area contributed by atoms with Gasteiger partial charge in [0.15, 0.2) is 0 Å². The third-order valence-corrected chi connectivity index (χ3v) is 2.22. The quantitative estimate of drug-likeness (QED) is 0.844. The van der Waals surface area contributed by atoms with Gasteiger partial charge in [-0.15, -0.1) is 5.10 Å². The van der Waals surface area contributed by atoms with Gasteiger partial charge in [0.05, 0.1) is 5.56 Å². The summed E-state index contributed by atoms with van der Waals surface area (Å²) in [7, 11) is 0. The molecule has 2 rings (SSSR count). The minimum absolute atomic E-state index is 0.150. The lowest BCUT2D eigenvalue weighted by molar-refractivity contribution is -0.137. The number of rotatable bonds is 3. The molecule has 1 aromatic heterocycles. The molecule has 0 aliphatic heterocycles. The predicted molar refractivity (Wildman–Crippen MR) is 57.8 cm³/mol. The van der Waals surface area contributed by atoms with Gasteiger partial charge in [0.2, 0.25) is 5.88 Å². The molecule has 1 aromatic carbocycles. The molecule has 0 amide bonds. The Kier molecular flexibility index (Phi) is 3.45. The van der Waals surface area contributed by atoms with Gasteiger partial charge < -0.3 is 4.74 Å². The SMILES string of the molecule is FC(F)(F)c1ccc(COc2cccnn2)cc1. The third-order valence-electron chi connectivity index (χ3n) is 2.22. The topological polar surface area (TPSA) is 35.0 Å². The average molecular weight is 254 g/mol. The van der Waals surface area contributed by atoms with E-state index in [1.165, 1.54) is 18.3 Å².